The van der Waals surface area contributed by atoms with Crippen molar-refractivity contribution in [1.29, 1.82) is 0 Å². The van der Waals surface area contributed by atoms with Crippen LogP contribution in [-0.4, -0.2) is 46.8 Å². The summed E-state index contributed by atoms with van der Waals surface area (Å²) in [7, 11) is 1.30. The van der Waals surface area contributed by atoms with Crippen molar-refractivity contribution in [1.82, 2.24) is 14.8 Å². The van der Waals surface area contributed by atoms with Crippen LogP contribution in [0.25, 0.3) is 11.4 Å². The predicted octanol–water partition coefficient (Wildman–Crippen LogP) is 2.28. The van der Waals surface area contributed by atoms with Gasteiger partial charge in [-0.3, -0.25) is 4.68 Å². The highest BCUT2D eigenvalue weighted by Gasteiger charge is 2.53. The second-order valence-electron chi connectivity index (χ2n) is 7.11. The molecule has 1 aromatic heterocycles. The molecule has 0 aliphatic carbocycles. The molecule has 6 nitrogen and oxygen atoms in total. The third kappa shape index (κ3) is 3.49. The number of ether oxygens (including phenoxy) is 1. The van der Waals surface area contributed by atoms with Crippen LogP contribution >= 0.6 is 0 Å². The molecule has 0 saturated carbocycles. The highest BCUT2D eigenvalue weighted by Crippen LogP contribution is 2.39. The van der Waals surface area contributed by atoms with E-state index in [0.717, 1.165) is 17.4 Å². The molecule has 2 heterocycles. The first-order valence-corrected chi connectivity index (χ1v) is 8.73. The van der Waals surface area contributed by atoms with Crippen molar-refractivity contribution in [3.05, 3.63) is 30.6 Å². The summed E-state index contributed by atoms with van der Waals surface area (Å²) in [5.74, 6) is 0.688. The lowest BCUT2D eigenvalue weighted by Crippen LogP contribution is -2.44. The number of benzene rings is 1. The minimum atomic E-state index is -0.379. The zero-order chi connectivity index (χ0) is 18.1. The molecular formula is C18H26BN3O3. The highest BCUT2D eigenvalue weighted by molar-refractivity contribution is 6.62. The molecule has 0 N–H and O–H groups in total. The van der Waals surface area contributed by atoms with Crippen LogP contribution in [0, 0.1) is 0 Å². The molecule has 1 fully saturated rings. The van der Waals surface area contributed by atoms with E-state index >= 15 is 0 Å². The summed E-state index contributed by atoms with van der Waals surface area (Å²) >= 11 is 0. The summed E-state index contributed by atoms with van der Waals surface area (Å²) < 4.78 is 19.3. The molecule has 1 unspecified atom stereocenters. The van der Waals surface area contributed by atoms with Crippen molar-refractivity contribution in [2.75, 3.05) is 13.7 Å². The van der Waals surface area contributed by atoms with Crippen LogP contribution in [0.3, 0.4) is 0 Å². The summed E-state index contributed by atoms with van der Waals surface area (Å²) in [6.45, 7) is 9.69. The molecular weight excluding hydrogens is 317 g/mol. The van der Waals surface area contributed by atoms with E-state index in [1.165, 1.54) is 0 Å². The maximum Gasteiger partial charge on any atom is 0.494 e. The van der Waals surface area contributed by atoms with Gasteiger partial charge in [0.15, 0.2) is 5.82 Å². The van der Waals surface area contributed by atoms with E-state index in [0.29, 0.717) is 19.0 Å². The summed E-state index contributed by atoms with van der Waals surface area (Å²) in [4.78, 5) is 4.40. The van der Waals surface area contributed by atoms with Crippen molar-refractivity contribution in [2.45, 2.75) is 51.9 Å². The van der Waals surface area contributed by atoms with Gasteiger partial charge < -0.3 is 14.0 Å². The second-order valence-corrected chi connectivity index (χ2v) is 7.11. The molecule has 1 saturated heterocycles. The minimum Gasteiger partial charge on any atom is -0.399 e. The number of hydrogen-bond donors (Lipinski definition) is 0. The van der Waals surface area contributed by atoms with Crippen molar-refractivity contribution < 1.29 is 14.0 Å². The maximum atomic E-state index is 6.26. The fraction of sp³-hybridized carbons (Fsp3) is 0.556. The Morgan fingerprint density at radius 3 is 2.72 bits per heavy atom. The van der Waals surface area contributed by atoms with Gasteiger partial charge in [0.2, 0.25) is 0 Å². The van der Waals surface area contributed by atoms with E-state index in [-0.39, 0.29) is 18.3 Å². The van der Waals surface area contributed by atoms with Crippen LogP contribution in [0.5, 0.6) is 0 Å². The Balaban J connectivity index is 1.82. The highest BCUT2D eigenvalue weighted by atomic mass is 16.7. The van der Waals surface area contributed by atoms with Crippen LogP contribution in [0.15, 0.2) is 30.6 Å². The van der Waals surface area contributed by atoms with E-state index < -0.39 is 0 Å². The molecule has 0 radical (unpaired) electrons. The molecule has 1 aliphatic rings. The number of aromatic nitrogens is 3. The van der Waals surface area contributed by atoms with E-state index in [9.17, 15) is 0 Å². The normalized spacial score (nSPS) is 22.5. The fourth-order valence-corrected chi connectivity index (χ4v) is 2.98. The zero-order valence-electron chi connectivity index (χ0n) is 15.7. The molecule has 0 spiro atoms. The van der Waals surface area contributed by atoms with Crippen LogP contribution in [0.2, 0.25) is 0 Å². The number of nitrogens with zero attached hydrogens (tertiary/aromatic N) is 3. The van der Waals surface area contributed by atoms with Gasteiger partial charge in [-0.15, -0.1) is 0 Å². The first-order chi connectivity index (χ1) is 11.9. The smallest absolute Gasteiger partial charge is 0.399 e. The molecule has 0 bridgehead atoms. The van der Waals surface area contributed by atoms with Crippen LogP contribution in [-0.2, 0) is 20.6 Å². The Morgan fingerprint density at radius 1 is 1.24 bits per heavy atom. The van der Waals surface area contributed by atoms with Gasteiger partial charge in [-0.25, -0.2) is 4.98 Å². The van der Waals surface area contributed by atoms with Gasteiger partial charge in [-0.2, -0.15) is 5.10 Å². The molecule has 134 valence electrons. The lowest BCUT2D eigenvalue weighted by molar-refractivity contribution is -0.0118. The average Bonchev–Trinajstić information content (AvgIpc) is 3.16. The van der Waals surface area contributed by atoms with E-state index in [1.54, 1.807) is 18.1 Å². The summed E-state index contributed by atoms with van der Waals surface area (Å²) in [6, 6.07) is 8.05. The van der Waals surface area contributed by atoms with Crippen LogP contribution in [0.4, 0.5) is 0 Å². The monoisotopic (exact) mass is 343 g/mol. The van der Waals surface area contributed by atoms with Gasteiger partial charge in [-0.05, 0) is 32.7 Å². The lowest BCUT2D eigenvalue weighted by Gasteiger charge is -2.35. The molecule has 3 rings (SSSR count). The average molecular weight is 343 g/mol. The first kappa shape index (κ1) is 18.1. The Hall–Kier alpha value is -1.70. The number of methoxy groups -OCH3 is 1. The Bertz CT molecular complexity index is 734. The van der Waals surface area contributed by atoms with Crippen LogP contribution in [0.1, 0.15) is 34.1 Å². The molecule has 0 amide bonds. The quantitative estimate of drug-likeness (QED) is 0.753. The SMILES string of the molecule is CCC1(C)OB(c2cccc(-c3ncn(CCOC)n3)c2)OC1(C)C. The third-order valence-corrected chi connectivity index (χ3v) is 5.20. The van der Waals surface area contributed by atoms with Gasteiger partial charge in [0.25, 0.3) is 0 Å². The van der Waals surface area contributed by atoms with Crippen molar-refractivity contribution in [3.63, 3.8) is 0 Å². The van der Waals surface area contributed by atoms with Crippen molar-refractivity contribution in [2.24, 2.45) is 0 Å². The largest absolute Gasteiger partial charge is 0.494 e. The maximum absolute atomic E-state index is 6.26. The zero-order valence-corrected chi connectivity index (χ0v) is 15.7. The van der Waals surface area contributed by atoms with Crippen LogP contribution < -0.4 is 5.46 Å². The van der Waals surface area contributed by atoms with E-state index in [2.05, 4.69) is 37.8 Å². The Morgan fingerprint density at radius 2 is 2.04 bits per heavy atom. The fourth-order valence-electron chi connectivity index (χ4n) is 2.98. The minimum absolute atomic E-state index is 0.312. The lowest BCUT2D eigenvalue weighted by atomic mass is 9.78. The summed E-state index contributed by atoms with van der Waals surface area (Å²) in [5, 5.41) is 4.50. The van der Waals surface area contributed by atoms with Crippen molar-refractivity contribution in [3.8, 4) is 11.4 Å². The van der Waals surface area contributed by atoms with E-state index in [1.807, 2.05) is 24.3 Å². The van der Waals surface area contributed by atoms with Gasteiger partial charge in [0.05, 0.1) is 24.4 Å². The van der Waals surface area contributed by atoms with Gasteiger partial charge in [0.1, 0.15) is 6.33 Å². The Labute approximate surface area is 149 Å². The topological polar surface area (TPSA) is 58.4 Å². The number of rotatable bonds is 6. The summed E-state index contributed by atoms with van der Waals surface area (Å²) in [6.07, 6.45) is 2.61. The summed E-state index contributed by atoms with van der Waals surface area (Å²) in [5.41, 5.74) is 1.27. The van der Waals surface area contributed by atoms with E-state index in [4.69, 9.17) is 14.0 Å². The number of hydrogen-bond acceptors (Lipinski definition) is 5. The molecule has 25 heavy (non-hydrogen) atoms. The van der Waals surface area contributed by atoms with Crippen molar-refractivity contribution >= 4 is 12.6 Å². The molecule has 2 aromatic rings. The molecule has 1 atom stereocenters. The van der Waals surface area contributed by atoms with Gasteiger partial charge in [0, 0.05) is 12.7 Å². The molecule has 1 aromatic carbocycles. The first-order valence-electron chi connectivity index (χ1n) is 8.73. The predicted molar refractivity (Wildman–Crippen MR) is 97.7 cm³/mol. The van der Waals surface area contributed by atoms with Gasteiger partial charge >= 0.3 is 7.12 Å². The second kappa shape index (κ2) is 6.90. The van der Waals surface area contributed by atoms with Gasteiger partial charge in [-0.1, -0.05) is 31.2 Å². The molecule has 1 aliphatic heterocycles. The standard InChI is InChI=1S/C18H26BN3O3/c1-6-18(4)17(2,3)24-19(25-18)15-9-7-8-14(12-15)16-20-13-22(21-16)10-11-23-5/h7-9,12-13H,6,10-11H2,1-5H3. The third-order valence-electron chi connectivity index (χ3n) is 5.20. The Kier molecular flexibility index (Phi) is 5.00. The molecule has 7 heteroatoms.